The van der Waals surface area contributed by atoms with E-state index in [4.69, 9.17) is 4.74 Å². The van der Waals surface area contributed by atoms with Gasteiger partial charge in [0.05, 0.1) is 18.9 Å². The van der Waals surface area contributed by atoms with Crippen molar-refractivity contribution in [3.05, 3.63) is 11.7 Å². The van der Waals surface area contributed by atoms with Crippen LogP contribution >= 0.6 is 0 Å². The highest BCUT2D eigenvalue weighted by molar-refractivity contribution is 5.87. The van der Waals surface area contributed by atoms with Gasteiger partial charge in [-0.3, -0.25) is 9.59 Å². The van der Waals surface area contributed by atoms with Crippen LogP contribution in [0.3, 0.4) is 0 Å². The smallest absolute Gasteiger partial charge is 0.458 e. The molecular weight excluding hydrogens is 331 g/mol. The van der Waals surface area contributed by atoms with Crippen LogP contribution < -0.4 is 5.32 Å². The minimum atomic E-state index is -4.73. The van der Waals surface area contributed by atoms with Gasteiger partial charge in [0.25, 0.3) is 0 Å². The van der Waals surface area contributed by atoms with Crippen molar-refractivity contribution in [1.29, 1.82) is 0 Å². The molecule has 1 aromatic heterocycles. The van der Waals surface area contributed by atoms with Crippen LogP contribution in [-0.4, -0.2) is 27.6 Å². The van der Waals surface area contributed by atoms with E-state index in [0.717, 1.165) is 19.3 Å². The van der Waals surface area contributed by atoms with Gasteiger partial charge in [0.2, 0.25) is 5.91 Å². The molecule has 1 N–H and O–H groups in total. The summed E-state index contributed by atoms with van der Waals surface area (Å²) in [6, 6.07) is 0. The zero-order valence-electron chi connectivity index (χ0n) is 12.7. The molecule has 0 radical (unpaired) electrons. The number of amides is 1. The Bertz CT molecular complexity index is 637. The maximum Gasteiger partial charge on any atom is 0.471 e. The molecule has 1 aliphatic heterocycles. The number of carbonyl (C=O) groups is 2. The average molecular weight is 347 g/mol. The van der Waals surface area contributed by atoms with Crippen LogP contribution in [0.4, 0.5) is 13.2 Å². The second kappa shape index (κ2) is 6.06. The molecule has 1 saturated carbocycles. The molecule has 2 fully saturated rings. The van der Waals surface area contributed by atoms with Gasteiger partial charge in [-0.2, -0.15) is 18.2 Å². The maximum atomic E-state index is 12.4. The Kier molecular flexibility index (Phi) is 4.22. The summed E-state index contributed by atoms with van der Waals surface area (Å²) in [5.41, 5.74) is -0.784. The lowest BCUT2D eigenvalue weighted by Gasteiger charge is -2.35. The number of aromatic nitrogens is 2. The van der Waals surface area contributed by atoms with Gasteiger partial charge in [-0.25, -0.2) is 0 Å². The standard InChI is InChI=1S/C14H16F3N3O4/c15-14(16,17)12-19-9(20-24-12)7-18-11(22)8-6-10(21)23-13(8)4-2-1-3-5-13/h8H,1-7H2,(H,18,22)/t8-/m0/s1. The molecule has 0 unspecified atom stereocenters. The quantitative estimate of drug-likeness (QED) is 0.840. The maximum absolute atomic E-state index is 12.4. The fourth-order valence-corrected chi connectivity index (χ4v) is 3.35. The Balaban J connectivity index is 1.64. The average Bonchev–Trinajstić information content (AvgIpc) is 3.11. The van der Waals surface area contributed by atoms with Crippen LogP contribution in [0.1, 0.15) is 50.2 Å². The molecule has 2 aliphatic rings. The zero-order chi connectivity index (χ0) is 17.4. The lowest BCUT2D eigenvalue weighted by Crippen LogP contribution is -2.45. The van der Waals surface area contributed by atoms with E-state index in [1.165, 1.54) is 0 Å². The van der Waals surface area contributed by atoms with Crippen LogP contribution in [0.25, 0.3) is 0 Å². The van der Waals surface area contributed by atoms with E-state index in [9.17, 15) is 22.8 Å². The Morgan fingerprint density at radius 1 is 1.29 bits per heavy atom. The van der Waals surface area contributed by atoms with Crippen LogP contribution in [0.2, 0.25) is 0 Å². The number of nitrogens with zero attached hydrogens (tertiary/aromatic N) is 2. The summed E-state index contributed by atoms with van der Waals surface area (Å²) in [4.78, 5) is 27.2. The molecule has 1 atom stereocenters. The van der Waals surface area contributed by atoms with Crippen molar-refractivity contribution in [2.75, 3.05) is 0 Å². The summed E-state index contributed by atoms with van der Waals surface area (Å²) in [6.45, 7) is -0.306. The number of carbonyl (C=O) groups excluding carboxylic acids is 2. The number of halogens is 3. The fraction of sp³-hybridized carbons (Fsp3) is 0.714. The van der Waals surface area contributed by atoms with E-state index < -0.39 is 35.5 Å². The molecule has 0 aromatic carbocycles. The third-order valence-corrected chi connectivity index (χ3v) is 4.47. The highest BCUT2D eigenvalue weighted by Crippen LogP contribution is 2.44. The normalized spacial score (nSPS) is 23.3. The van der Waals surface area contributed by atoms with Gasteiger partial charge in [0, 0.05) is 0 Å². The summed E-state index contributed by atoms with van der Waals surface area (Å²) in [6.07, 6.45) is -0.738. The first-order valence-corrected chi connectivity index (χ1v) is 7.69. The highest BCUT2D eigenvalue weighted by Gasteiger charge is 2.52. The van der Waals surface area contributed by atoms with Crippen molar-refractivity contribution >= 4 is 11.9 Å². The Hall–Kier alpha value is -2.13. The molecular formula is C14H16F3N3O4. The van der Waals surface area contributed by atoms with Crippen molar-refractivity contribution in [1.82, 2.24) is 15.5 Å². The molecule has 0 bridgehead atoms. The Morgan fingerprint density at radius 2 is 2.00 bits per heavy atom. The van der Waals surface area contributed by atoms with Crippen molar-refractivity contribution < 1.29 is 32.0 Å². The number of hydrogen-bond donors (Lipinski definition) is 1. The number of rotatable bonds is 3. The van der Waals surface area contributed by atoms with Gasteiger partial charge in [-0.15, -0.1) is 0 Å². The first-order valence-electron chi connectivity index (χ1n) is 7.69. The van der Waals surface area contributed by atoms with Gasteiger partial charge < -0.3 is 14.6 Å². The van der Waals surface area contributed by atoms with E-state index in [1.54, 1.807) is 0 Å². The molecule has 1 aromatic rings. The predicted octanol–water partition coefficient (Wildman–Crippen LogP) is 1.97. The first-order chi connectivity index (χ1) is 11.3. The van der Waals surface area contributed by atoms with E-state index in [1.807, 2.05) is 0 Å². The van der Waals surface area contributed by atoms with Gasteiger partial charge in [0.1, 0.15) is 5.60 Å². The molecule has 1 aliphatic carbocycles. The lowest BCUT2D eigenvalue weighted by molar-refractivity contribution is -0.159. The molecule has 2 heterocycles. The minimum absolute atomic E-state index is 0.0219. The summed E-state index contributed by atoms with van der Waals surface area (Å²) in [7, 11) is 0. The fourth-order valence-electron chi connectivity index (χ4n) is 3.35. The van der Waals surface area contributed by atoms with Crippen molar-refractivity contribution in [2.24, 2.45) is 5.92 Å². The summed E-state index contributed by atoms with van der Waals surface area (Å²) < 4.78 is 46.7. The second-order valence-electron chi connectivity index (χ2n) is 6.09. The molecule has 24 heavy (non-hydrogen) atoms. The molecule has 3 rings (SSSR count). The third-order valence-electron chi connectivity index (χ3n) is 4.47. The first kappa shape index (κ1) is 16.7. The van der Waals surface area contributed by atoms with Gasteiger partial charge in [-0.05, 0) is 25.7 Å². The molecule has 132 valence electrons. The number of hydrogen-bond acceptors (Lipinski definition) is 6. The van der Waals surface area contributed by atoms with Gasteiger partial charge in [-0.1, -0.05) is 11.6 Å². The van der Waals surface area contributed by atoms with Gasteiger partial charge in [0.15, 0.2) is 5.82 Å². The Morgan fingerprint density at radius 3 is 2.62 bits per heavy atom. The van der Waals surface area contributed by atoms with E-state index >= 15 is 0 Å². The van der Waals surface area contributed by atoms with Crippen molar-refractivity contribution in [3.63, 3.8) is 0 Å². The van der Waals surface area contributed by atoms with Crippen LogP contribution in [0.15, 0.2) is 4.52 Å². The van der Waals surface area contributed by atoms with E-state index in [2.05, 4.69) is 20.0 Å². The molecule has 1 amide bonds. The summed E-state index contributed by atoms with van der Waals surface area (Å²) in [5, 5.41) is 5.66. The summed E-state index contributed by atoms with van der Waals surface area (Å²) in [5.74, 6) is -3.25. The SMILES string of the molecule is O=C1C[C@@H](C(=O)NCc2noc(C(F)(F)F)n2)C2(CCCCC2)O1. The molecule has 1 spiro atoms. The van der Waals surface area contributed by atoms with Crippen LogP contribution in [-0.2, 0) is 27.0 Å². The van der Waals surface area contributed by atoms with E-state index in [0.29, 0.717) is 12.8 Å². The predicted molar refractivity (Wildman–Crippen MR) is 71.2 cm³/mol. The van der Waals surface area contributed by atoms with Crippen molar-refractivity contribution in [2.45, 2.75) is 56.8 Å². The topological polar surface area (TPSA) is 94.3 Å². The van der Waals surface area contributed by atoms with Crippen LogP contribution in [0, 0.1) is 5.92 Å². The van der Waals surface area contributed by atoms with Crippen LogP contribution in [0.5, 0.6) is 0 Å². The van der Waals surface area contributed by atoms with E-state index in [-0.39, 0.29) is 18.8 Å². The number of ether oxygens (including phenoxy) is 1. The number of nitrogens with one attached hydrogen (secondary N) is 1. The van der Waals surface area contributed by atoms with Crippen molar-refractivity contribution in [3.8, 4) is 0 Å². The molecule has 10 heteroatoms. The number of alkyl halides is 3. The second-order valence-corrected chi connectivity index (χ2v) is 6.09. The number of esters is 1. The highest BCUT2D eigenvalue weighted by atomic mass is 19.4. The minimum Gasteiger partial charge on any atom is -0.458 e. The lowest BCUT2D eigenvalue weighted by atomic mass is 9.75. The Labute approximate surface area is 134 Å². The van der Waals surface area contributed by atoms with Gasteiger partial charge >= 0.3 is 18.0 Å². The zero-order valence-corrected chi connectivity index (χ0v) is 12.7. The molecule has 7 nitrogen and oxygen atoms in total. The summed E-state index contributed by atoms with van der Waals surface area (Å²) >= 11 is 0. The third kappa shape index (κ3) is 3.22. The molecule has 1 saturated heterocycles. The largest absolute Gasteiger partial charge is 0.471 e. The monoisotopic (exact) mass is 347 g/mol.